The maximum Gasteiger partial charge on any atom is 0.416 e. The van der Waals surface area contributed by atoms with Gasteiger partial charge in [-0.05, 0) is 107 Å². The zero-order valence-electron chi connectivity index (χ0n) is 22.3. The first-order chi connectivity index (χ1) is 20.5. The number of benzene rings is 7. The molecule has 0 spiro atoms. The monoisotopic (exact) mass is 546 g/mol. The highest BCUT2D eigenvalue weighted by Gasteiger charge is 2.32. The van der Waals surface area contributed by atoms with Gasteiger partial charge in [-0.2, -0.15) is 13.2 Å². The Morgan fingerprint density at radius 2 is 0.690 bits per heavy atom. The highest BCUT2D eigenvalue weighted by Crippen LogP contribution is 2.51. The van der Waals surface area contributed by atoms with Gasteiger partial charge in [-0.25, -0.2) is 0 Å². The SMILES string of the molecule is FC(F)(F)c1cc(-c2ccc3c4c(cccc24)-c2ccccc2-3)cc(-c2ccc3c4c(cccc24)-c2ccccc2-3)c1. The number of hydrogen-bond donors (Lipinski definition) is 0. The van der Waals surface area contributed by atoms with Gasteiger partial charge in [-0.1, -0.05) is 109 Å². The van der Waals surface area contributed by atoms with E-state index in [1.165, 1.54) is 12.1 Å². The Bertz CT molecular complexity index is 2080. The molecule has 2 aliphatic carbocycles. The molecule has 0 N–H and O–H groups in total. The Hall–Kier alpha value is -5.15. The minimum absolute atomic E-state index is 0.561. The second-order valence-corrected chi connectivity index (χ2v) is 11.2. The zero-order chi connectivity index (χ0) is 28.2. The van der Waals surface area contributed by atoms with Crippen LogP contribution in [0, 0.1) is 0 Å². The average molecular weight is 547 g/mol. The van der Waals surface area contributed by atoms with Crippen LogP contribution in [0.15, 0.2) is 127 Å². The fourth-order valence-electron chi connectivity index (χ4n) is 7.22. The molecule has 0 amide bonds. The zero-order valence-corrected chi connectivity index (χ0v) is 22.3. The summed E-state index contributed by atoms with van der Waals surface area (Å²) in [7, 11) is 0. The van der Waals surface area contributed by atoms with Gasteiger partial charge in [0.05, 0.1) is 5.56 Å². The summed E-state index contributed by atoms with van der Waals surface area (Å²) in [5, 5.41) is 4.11. The van der Waals surface area contributed by atoms with Gasteiger partial charge in [0, 0.05) is 0 Å². The van der Waals surface area contributed by atoms with Crippen LogP contribution in [0.4, 0.5) is 13.2 Å². The lowest BCUT2D eigenvalue weighted by Gasteiger charge is -2.16. The van der Waals surface area contributed by atoms with Crippen LogP contribution in [-0.4, -0.2) is 0 Å². The summed E-state index contributed by atoms with van der Waals surface area (Å²) in [5.74, 6) is 0. The van der Waals surface area contributed by atoms with Gasteiger partial charge in [-0.15, -0.1) is 0 Å². The minimum atomic E-state index is -4.49. The molecule has 0 saturated heterocycles. The van der Waals surface area contributed by atoms with E-state index < -0.39 is 11.7 Å². The van der Waals surface area contributed by atoms with Crippen molar-refractivity contribution in [2.24, 2.45) is 0 Å². The third-order valence-electron chi connectivity index (χ3n) is 8.98. The molecule has 7 aromatic carbocycles. The lowest BCUT2D eigenvalue weighted by Crippen LogP contribution is -2.05. The van der Waals surface area contributed by atoms with Crippen molar-refractivity contribution in [3.05, 3.63) is 133 Å². The van der Waals surface area contributed by atoms with Crippen molar-refractivity contribution in [2.45, 2.75) is 6.18 Å². The molecule has 0 fully saturated rings. The Morgan fingerprint density at radius 3 is 1.10 bits per heavy atom. The molecule has 0 unspecified atom stereocenters. The Morgan fingerprint density at radius 1 is 0.333 bits per heavy atom. The fraction of sp³-hybridized carbons (Fsp3) is 0.0256. The molecule has 198 valence electrons. The van der Waals surface area contributed by atoms with Crippen molar-refractivity contribution in [1.82, 2.24) is 0 Å². The van der Waals surface area contributed by atoms with Crippen LogP contribution in [0.25, 0.3) is 88.3 Å². The Balaban J connectivity index is 1.30. The van der Waals surface area contributed by atoms with E-state index in [1.54, 1.807) is 0 Å². The van der Waals surface area contributed by atoms with E-state index in [-0.39, 0.29) is 0 Å². The van der Waals surface area contributed by atoms with E-state index in [2.05, 4.69) is 48.5 Å². The summed E-state index contributed by atoms with van der Waals surface area (Å²) in [5.41, 5.74) is 11.2. The van der Waals surface area contributed by atoms with Gasteiger partial charge in [0.15, 0.2) is 0 Å². The van der Waals surface area contributed by atoms with Crippen molar-refractivity contribution in [2.75, 3.05) is 0 Å². The predicted octanol–water partition coefficient (Wildman–Crippen LogP) is 11.6. The highest BCUT2D eigenvalue weighted by atomic mass is 19.4. The van der Waals surface area contributed by atoms with Crippen LogP contribution < -0.4 is 0 Å². The molecule has 0 aromatic heterocycles. The summed E-state index contributed by atoms with van der Waals surface area (Å²) >= 11 is 0. The molecule has 0 heterocycles. The summed E-state index contributed by atoms with van der Waals surface area (Å²) in [6.07, 6.45) is -4.49. The minimum Gasteiger partial charge on any atom is -0.166 e. The second kappa shape index (κ2) is 8.20. The first kappa shape index (κ1) is 23.5. The van der Waals surface area contributed by atoms with Crippen LogP contribution in [0.2, 0.25) is 0 Å². The third kappa shape index (κ3) is 3.14. The number of fused-ring (bicyclic) bond motifs is 6. The number of halogens is 3. The Labute approximate surface area is 240 Å². The van der Waals surface area contributed by atoms with Crippen LogP contribution in [0.5, 0.6) is 0 Å². The van der Waals surface area contributed by atoms with Crippen molar-refractivity contribution >= 4 is 21.5 Å². The van der Waals surface area contributed by atoms with Crippen molar-refractivity contribution in [3.63, 3.8) is 0 Å². The van der Waals surface area contributed by atoms with E-state index >= 15 is 0 Å². The van der Waals surface area contributed by atoms with Gasteiger partial charge in [0.25, 0.3) is 0 Å². The molecule has 0 nitrogen and oxygen atoms in total. The molecule has 0 atom stereocenters. The topological polar surface area (TPSA) is 0 Å². The number of rotatable bonds is 2. The average Bonchev–Trinajstić information content (AvgIpc) is 3.52. The van der Waals surface area contributed by atoms with Gasteiger partial charge < -0.3 is 0 Å². The number of alkyl halides is 3. The maximum atomic E-state index is 14.4. The van der Waals surface area contributed by atoms with Crippen LogP contribution >= 0.6 is 0 Å². The molecular formula is C39H21F3. The normalized spacial score (nSPS) is 12.6. The molecular weight excluding hydrogens is 525 g/mol. The molecule has 42 heavy (non-hydrogen) atoms. The van der Waals surface area contributed by atoms with Crippen molar-refractivity contribution in [1.29, 1.82) is 0 Å². The first-order valence-electron chi connectivity index (χ1n) is 14.0. The van der Waals surface area contributed by atoms with Gasteiger partial charge in [-0.3, -0.25) is 0 Å². The molecule has 9 rings (SSSR count). The van der Waals surface area contributed by atoms with Crippen LogP contribution in [-0.2, 0) is 6.18 Å². The summed E-state index contributed by atoms with van der Waals surface area (Å²) in [6, 6.07) is 41.4. The van der Waals surface area contributed by atoms with Crippen molar-refractivity contribution < 1.29 is 13.2 Å². The standard InChI is InChI=1S/C39H21F3/c40-39(41,42)24-20-22(25-15-17-35-29-9-3-1-7-27(29)33-13-5-11-31(25)37(33)35)19-23(21-24)26-16-18-36-30-10-4-2-8-28(30)34-14-6-12-32(26)38(34)36/h1-21H. The van der Waals surface area contributed by atoms with Crippen molar-refractivity contribution in [3.8, 4) is 66.8 Å². The van der Waals surface area contributed by atoms with E-state index in [0.717, 1.165) is 77.2 Å². The molecule has 7 aromatic rings. The molecule has 3 heteroatoms. The number of hydrogen-bond acceptors (Lipinski definition) is 0. The summed E-state index contributed by atoms with van der Waals surface area (Å²) in [6.45, 7) is 0. The van der Waals surface area contributed by atoms with E-state index in [0.29, 0.717) is 11.1 Å². The Kier molecular flexibility index (Phi) is 4.60. The molecule has 0 bridgehead atoms. The van der Waals surface area contributed by atoms with E-state index in [9.17, 15) is 13.2 Å². The molecule has 2 aliphatic rings. The van der Waals surface area contributed by atoms with Gasteiger partial charge in [0.1, 0.15) is 0 Å². The molecule has 0 aliphatic heterocycles. The van der Waals surface area contributed by atoms with Gasteiger partial charge >= 0.3 is 6.18 Å². The fourth-order valence-corrected chi connectivity index (χ4v) is 7.22. The predicted molar refractivity (Wildman–Crippen MR) is 166 cm³/mol. The lowest BCUT2D eigenvalue weighted by atomic mass is 9.89. The quantitative estimate of drug-likeness (QED) is 0.202. The van der Waals surface area contributed by atoms with E-state index in [1.807, 2.05) is 66.7 Å². The first-order valence-corrected chi connectivity index (χ1v) is 14.0. The summed E-state index contributed by atoms with van der Waals surface area (Å²) in [4.78, 5) is 0. The van der Waals surface area contributed by atoms with Crippen LogP contribution in [0.1, 0.15) is 5.56 Å². The largest absolute Gasteiger partial charge is 0.416 e. The molecule has 0 radical (unpaired) electrons. The smallest absolute Gasteiger partial charge is 0.166 e. The maximum absolute atomic E-state index is 14.4. The van der Waals surface area contributed by atoms with E-state index in [4.69, 9.17) is 0 Å². The molecule has 0 saturated carbocycles. The second-order valence-electron chi connectivity index (χ2n) is 11.2. The van der Waals surface area contributed by atoms with Gasteiger partial charge in [0.2, 0.25) is 0 Å². The lowest BCUT2D eigenvalue weighted by molar-refractivity contribution is -0.137. The highest BCUT2D eigenvalue weighted by molar-refractivity contribution is 6.20. The summed E-state index contributed by atoms with van der Waals surface area (Å²) < 4.78 is 43.3. The van der Waals surface area contributed by atoms with Crippen LogP contribution in [0.3, 0.4) is 0 Å². The third-order valence-corrected chi connectivity index (χ3v) is 8.98.